The Labute approximate surface area is 161 Å². The summed E-state index contributed by atoms with van der Waals surface area (Å²) in [6.45, 7) is 4.60. The summed E-state index contributed by atoms with van der Waals surface area (Å²) in [6, 6.07) is 14.3. The van der Waals surface area contributed by atoms with Crippen molar-refractivity contribution in [2.45, 2.75) is 20.5 Å². The molecule has 0 amide bonds. The number of fused-ring (bicyclic) bond motifs is 3. The molecule has 0 radical (unpaired) electrons. The van der Waals surface area contributed by atoms with Gasteiger partial charge in [0.25, 0.3) is 0 Å². The van der Waals surface area contributed by atoms with Gasteiger partial charge in [-0.2, -0.15) is 5.10 Å². The van der Waals surface area contributed by atoms with Crippen LogP contribution in [-0.4, -0.2) is 29.8 Å². The lowest BCUT2D eigenvalue weighted by molar-refractivity contribution is 0.304. The van der Waals surface area contributed by atoms with Gasteiger partial charge in [0.2, 0.25) is 0 Å². The Bertz CT molecular complexity index is 1300. The molecule has 0 unspecified atom stereocenters. The molecule has 0 aliphatic heterocycles. The van der Waals surface area contributed by atoms with Crippen molar-refractivity contribution in [1.29, 1.82) is 0 Å². The Morgan fingerprint density at radius 1 is 1.11 bits per heavy atom. The predicted octanol–water partition coefficient (Wildman–Crippen LogP) is 3.86. The van der Waals surface area contributed by atoms with E-state index < -0.39 is 0 Å². The Morgan fingerprint density at radius 2 is 2.04 bits per heavy atom. The number of rotatable bonds is 4. The maximum atomic E-state index is 6.03. The molecule has 7 nitrogen and oxygen atoms in total. The number of hydrogen-bond donors (Lipinski definition) is 1. The quantitative estimate of drug-likeness (QED) is 0.519. The molecule has 28 heavy (non-hydrogen) atoms. The predicted molar refractivity (Wildman–Crippen MR) is 106 cm³/mol. The van der Waals surface area contributed by atoms with Crippen LogP contribution in [0.3, 0.4) is 0 Å². The van der Waals surface area contributed by atoms with Gasteiger partial charge < -0.3 is 4.74 Å². The van der Waals surface area contributed by atoms with Crippen molar-refractivity contribution >= 4 is 16.7 Å². The fraction of sp³-hybridized carbons (Fsp3) is 0.143. The van der Waals surface area contributed by atoms with Gasteiger partial charge in [-0.3, -0.25) is 5.10 Å². The highest BCUT2D eigenvalue weighted by molar-refractivity contribution is 5.88. The van der Waals surface area contributed by atoms with E-state index in [0.717, 1.165) is 33.5 Å². The minimum absolute atomic E-state index is 0.485. The Kier molecular flexibility index (Phi) is 3.79. The molecular weight excluding hydrogens is 352 g/mol. The van der Waals surface area contributed by atoms with Crippen molar-refractivity contribution in [2.24, 2.45) is 0 Å². The maximum absolute atomic E-state index is 6.03. The lowest BCUT2D eigenvalue weighted by Crippen LogP contribution is -1.98. The molecule has 0 saturated carbocycles. The van der Waals surface area contributed by atoms with Crippen molar-refractivity contribution in [3.63, 3.8) is 0 Å². The highest BCUT2D eigenvalue weighted by Gasteiger charge is 2.11. The Morgan fingerprint density at radius 3 is 2.96 bits per heavy atom. The molecule has 0 spiro atoms. The first kappa shape index (κ1) is 16.4. The number of aromatic nitrogens is 6. The van der Waals surface area contributed by atoms with Gasteiger partial charge in [-0.25, -0.2) is 14.5 Å². The smallest absolute Gasteiger partial charge is 0.182 e. The van der Waals surface area contributed by atoms with E-state index in [4.69, 9.17) is 4.74 Å². The minimum atomic E-state index is 0.485. The lowest BCUT2D eigenvalue weighted by atomic mass is 10.1. The summed E-state index contributed by atoms with van der Waals surface area (Å²) in [5, 5.41) is 12.3. The van der Waals surface area contributed by atoms with Crippen LogP contribution in [0.1, 0.15) is 16.7 Å². The van der Waals surface area contributed by atoms with E-state index in [2.05, 4.69) is 63.4 Å². The highest BCUT2D eigenvalue weighted by Crippen LogP contribution is 2.23. The summed E-state index contributed by atoms with van der Waals surface area (Å²) >= 11 is 0. The van der Waals surface area contributed by atoms with Crippen LogP contribution >= 0.6 is 0 Å². The van der Waals surface area contributed by atoms with Crippen molar-refractivity contribution in [3.8, 4) is 17.1 Å². The molecular formula is C21H18N6O. The average molecular weight is 370 g/mol. The first-order valence-corrected chi connectivity index (χ1v) is 9.01. The van der Waals surface area contributed by atoms with Gasteiger partial charge in [0, 0.05) is 5.56 Å². The number of hydrogen-bond acceptors (Lipinski definition) is 5. The first-order chi connectivity index (χ1) is 13.7. The largest absolute Gasteiger partial charge is 0.489 e. The van der Waals surface area contributed by atoms with Crippen molar-refractivity contribution < 1.29 is 4.74 Å². The fourth-order valence-corrected chi connectivity index (χ4v) is 3.19. The third-order valence-electron chi connectivity index (χ3n) is 4.71. The number of aromatic amines is 1. The molecule has 138 valence electrons. The third kappa shape index (κ3) is 2.87. The topological polar surface area (TPSA) is 81.0 Å². The second-order valence-electron chi connectivity index (χ2n) is 6.84. The van der Waals surface area contributed by atoms with E-state index in [1.165, 1.54) is 5.56 Å². The number of nitrogens with zero attached hydrogens (tertiary/aromatic N) is 5. The van der Waals surface area contributed by atoms with Crippen LogP contribution in [0.15, 0.2) is 55.0 Å². The van der Waals surface area contributed by atoms with E-state index in [-0.39, 0.29) is 0 Å². The van der Waals surface area contributed by atoms with Crippen LogP contribution in [0.25, 0.3) is 28.1 Å². The molecule has 2 aromatic carbocycles. The molecule has 3 heterocycles. The number of H-pyrrole nitrogens is 1. The number of benzene rings is 2. The molecule has 1 N–H and O–H groups in total. The van der Waals surface area contributed by atoms with Crippen LogP contribution in [0, 0.1) is 13.8 Å². The molecule has 0 aliphatic carbocycles. The lowest BCUT2D eigenvalue weighted by Gasteiger charge is -2.10. The molecule has 0 aliphatic rings. The standard InChI is InChI=1S/C21H18N6O/c1-13-6-7-14(2)18(8-13)28-11-15-4-3-5-16(9-15)19-24-21-17-10-23-25-20(17)22-12-27(21)26-19/h3-10,12H,11H2,1-2H3,(H,23,25). The molecule has 0 bridgehead atoms. The van der Waals surface area contributed by atoms with Crippen molar-refractivity contribution in [1.82, 2.24) is 29.8 Å². The summed E-state index contributed by atoms with van der Waals surface area (Å²) in [4.78, 5) is 8.97. The molecule has 7 heteroatoms. The van der Waals surface area contributed by atoms with Crippen LogP contribution in [-0.2, 0) is 6.61 Å². The molecule has 0 saturated heterocycles. The second kappa shape index (κ2) is 6.45. The van der Waals surface area contributed by atoms with Gasteiger partial charge in [-0.1, -0.05) is 30.3 Å². The van der Waals surface area contributed by atoms with Crippen LogP contribution in [0.2, 0.25) is 0 Å². The van der Waals surface area contributed by atoms with Gasteiger partial charge in [0.1, 0.15) is 18.7 Å². The van der Waals surface area contributed by atoms with Crippen LogP contribution < -0.4 is 4.74 Å². The van der Waals surface area contributed by atoms with Gasteiger partial charge in [-0.05, 0) is 42.7 Å². The van der Waals surface area contributed by atoms with Crippen molar-refractivity contribution in [3.05, 3.63) is 71.7 Å². The highest BCUT2D eigenvalue weighted by atomic mass is 16.5. The maximum Gasteiger partial charge on any atom is 0.182 e. The van der Waals surface area contributed by atoms with Gasteiger partial charge in [-0.15, -0.1) is 5.10 Å². The zero-order chi connectivity index (χ0) is 19.1. The van der Waals surface area contributed by atoms with Gasteiger partial charge in [0.15, 0.2) is 17.1 Å². The summed E-state index contributed by atoms with van der Waals surface area (Å²) in [6.07, 6.45) is 3.35. The zero-order valence-electron chi connectivity index (χ0n) is 15.5. The second-order valence-corrected chi connectivity index (χ2v) is 6.84. The summed E-state index contributed by atoms with van der Waals surface area (Å²) in [7, 11) is 0. The van der Waals surface area contributed by atoms with Gasteiger partial charge in [0.05, 0.1) is 11.6 Å². The average Bonchev–Trinajstić information content (AvgIpc) is 3.35. The summed E-state index contributed by atoms with van der Waals surface area (Å²) in [5.41, 5.74) is 5.72. The Hall–Kier alpha value is -3.74. The fourth-order valence-electron chi connectivity index (χ4n) is 3.19. The SMILES string of the molecule is Cc1ccc(C)c(OCc2cccc(-c3nc4c5cn[nH]c5ncn4n3)c2)c1. The zero-order valence-corrected chi connectivity index (χ0v) is 15.5. The van der Waals surface area contributed by atoms with E-state index >= 15 is 0 Å². The van der Waals surface area contributed by atoms with Crippen LogP contribution in [0.4, 0.5) is 0 Å². The molecule has 0 atom stereocenters. The molecule has 5 aromatic rings. The molecule has 5 rings (SSSR count). The first-order valence-electron chi connectivity index (χ1n) is 9.01. The summed E-state index contributed by atoms with van der Waals surface area (Å²) < 4.78 is 7.71. The van der Waals surface area contributed by atoms with E-state index in [1.54, 1.807) is 17.0 Å². The van der Waals surface area contributed by atoms with E-state index in [0.29, 0.717) is 18.1 Å². The Balaban J connectivity index is 1.45. The number of nitrogens with one attached hydrogen (secondary N) is 1. The van der Waals surface area contributed by atoms with Gasteiger partial charge >= 0.3 is 0 Å². The molecule has 0 fully saturated rings. The van der Waals surface area contributed by atoms with Crippen LogP contribution in [0.5, 0.6) is 5.75 Å². The third-order valence-corrected chi connectivity index (χ3v) is 4.71. The monoisotopic (exact) mass is 370 g/mol. The molecule has 3 aromatic heterocycles. The summed E-state index contributed by atoms with van der Waals surface area (Å²) in [5.74, 6) is 1.55. The minimum Gasteiger partial charge on any atom is -0.489 e. The van der Waals surface area contributed by atoms with E-state index in [1.807, 2.05) is 18.2 Å². The van der Waals surface area contributed by atoms with Crippen molar-refractivity contribution in [2.75, 3.05) is 0 Å². The number of ether oxygens (including phenoxy) is 1. The number of aryl methyl sites for hydroxylation is 2. The van der Waals surface area contributed by atoms with E-state index in [9.17, 15) is 0 Å². The normalized spacial score (nSPS) is 11.4.